The van der Waals surface area contributed by atoms with Gasteiger partial charge in [-0.3, -0.25) is 14.7 Å². The first-order chi connectivity index (χ1) is 9.84. The van der Waals surface area contributed by atoms with Crippen molar-refractivity contribution in [3.8, 4) is 0 Å². The van der Waals surface area contributed by atoms with Crippen LogP contribution >= 0.6 is 7.60 Å². The Morgan fingerprint density at radius 2 is 1.86 bits per heavy atom. The molecule has 0 radical (unpaired) electrons. The summed E-state index contributed by atoms with van der Waals surface area (Å²) in [6, 6.07) is 1.00. The molecule has 7 nitrogen and oxygen atoms in total. The zero-order valence-corrected chi connectivity index (χ0v) is 12.4. The Morgan fingerprint density at radius 1 is 1.32 bits per heavy atom. The van der Waals surface area contributed by atoms with Gasteiger partial charge >= 0.3 is 13.8 Å². The van der Waals surface area contributed by atoms with Crippen LogP contribution in [0.15, 0.2) is 18.2 Å². The summed E-state index contributed by atoms with van der Waals surface area (Å²) in [7, 11) is -4.44. The monoisotopic (exact) mass is 342 g/mol. The normalized spacial score (nSPS) is 15.2. The Labute approximate surface area is 123 Å². The minimum Gasteiger partial charge on any atom is -0.376 e. The highest BCUT2D eigenvalue weighted by atomic mass is 31.2. The second kappa shape index (κ2) is 6.23. The molecule has 2 unspecified atom stereocenters. The van der Waals surface area contributed by atoms with Crippen molar-refractivity contribution in [3.05, 3.63) is 33.9 Å². The van der Waals surface area contributed by atoms with Crippen LogP contribution < -0.4 is 5.32 Å². The maximum atomic E-state index is 12.6. The molecule has 22 heavy (non-hydrogen) atoms. The maximum absolute atomic E-state index is 12.6. The van der Waals surface area contributed by atoms with E-state index in [-0.39, 0.29) is 5.69 Å². The van der Waals surface area contributed by atoms with Crippen molar-refractivity contribution in [1.82, 2.24) is 0 Å². The average molecular weight is 342 g/mol. The van der Waals surface area contributed by atoms with E-state index in [4.69, 9.17) is 9.79 Å². The van der Waals surface area contributed by atoms with E-state index in [1.807, 2.05) is 0 Å². The van der Waals surface area contributed by atoms with Crippen molar-refractivity contribution in [2.75, 3.05) is 5.32 Å². The number of halogens is 3. The summed E-state index contributed by atoms with van der Waals surface area (Å²) in [6.45, 7) is 2.60. The van der Waals surface area contributed by atoms with Crippen LogP contribution in [0.3, 0.4) is 0 Å². The number of nitrogens with one attached hydrogen (secondary N) is 1. The molecule has 0 aliphatic heterocycles. The standard InChI is InChI=1S/C11H14F3N2O5P/c1-6(7(2)22(19,20)21)15-9-4-3-8(11(12,13)14)5-10(9)16(17)18/h3-7,15H,1-2H3,(H2,19,20,21). The predicted octanol–water partition coefficient (Wildman–Crippen LogP) is 2.98. The topological polar surface area (TPSA) is 113 Å². The van der Waals surface area contributed by atoms with Crippen molar-refractivity contribution in [2.24, 2.45) is 0 Å². The van der Waals surface area contributed by atoms with Gasteiger partial charge in [-0.25, -0.2) is 0 Å². The van der Waals surface area contributed by atoms with Crippen molar-refractivity contribution < 1.29 is 32.4 Å². The Balaban J connectivity index is 3.15. The summed E-state index contributed by atoms with van der Waals surface area (Å²) in [5, 5.41) is 13.4. The largest absolute Gasteiger partial charge is 0.416 e. The smallest absolute Gasteiger partial charge is 0.376 e. The van der Waals surface area contributed by atoms with Crippen LogP contribution in [0.2, 0.25) is 0 Å². The molecule has 2 atom stereocenters. The Hall–Kier alpha value is -1.64. The van der Waals surface area contributed by atoms with Crippen LogP contribution in [0.1, 0.15) is 19.4 Å². The SMILES string of the molecule is CC(Nc1ccc(C(F)(F)F)cc1[N+](=O)[O-])C(C)P(=O)(O)O. The lowest BCUT2D eigenvalue weighted by Crippen LogP contribution is -2.28. The third kappa shape index (κ3) is 4.43. The zero-order chi connectivity index (χ0) is 17.3. The zero-order valence-electron chi connectivity index (χ0n) is 11.5. The third-order valence-electron chi connectivity index (χ3n) is 3.16. The van der Waals surface area contributed by atoms with Crippen molar-refractivity contribution >= 4 is 19.0 Å². The van der Waals surface area contributed by atoms with Gasteiger partial charge in [-0.05, 0) is 26.0 Å². The minimum absolute atomic E-state index is 0.245. The molecule has 0 aliphatic rings. The molecule has 1 rings (SSSR count). The molecule has 1 aromatic rings. The van der Waals surface area contributed by atoms with Gasteiger partial charge in [-0.15, -0.1) is 0 Å². The Kier molecular flexibility index (Phi) is 5.21. The molecule has 0 aliphatic carbocycles. The minimum atomic E-state index is -4.73. The van der Waals surface area contributed by atoms with Gasteiger partial charge in [-0.2, -0.15) is 13.2 Å². The summed E-state index contributed by atoms with van der Waals surface area (Å²) < 4.78 is 48.8. The van der Waals surface area contributed by atoms with E-state index in [1.54, 1.807) is 0 Å². The molecule has 0 spiro atoms. The predicted molar refractivity (Wildman–Crippen MR) is 72.7 cm³/mol. The van der Waals surface area contributed by atoms with Crippen LogP contribution in [-0.4, -0.2) is 26.4 Å². The van der Waals surface area contributed by atoms with Crippen LogP contribution in [0.25, 0.3) is 0 Å². The van der Waals surface area contributed by atoms with Gasteiger partial charge in [0, 0.05) is 12.1 Å². The molecule has 0 amide bonds. The number of rotatable bonds is 5. The van der Waals surface area contributed by atoms with Crippen LogP contribution in [-0.2, 0) is 10.7 Å². The molecule has 0 fully saturated rings. The van der Waals surface area contributed by atoms with E-state index in [0.717, 1.165) is 6.07 Å². The second-order valence-corrected chi connectivity index (χ2v) is 6.74. The molecule has 0 bridgehead atoms. The molecule has 0 saturated heterocycles. The molecule has 0 saturated carbocycles. The Morgan fingerprint density at radius 3 is 2.27 bits per heavy atom. The third-order valence-corrected chi connectivity index (χ3v) is 4.67. The van der Waals surface area contributed by atoms with Gasteiger partial charge in [0.25, 0.3) is 5.69 Å². The molecule has 124 valence electrons. The lowest BCUT2D eigenvalue weighted by atomic mass is 10.1. The molecule has 11 heteroatoms. The number of anilines is 1. The van der Waals surface area contributed by atoms with E-state index in [1.165, 1.54) is 13.8 Å². The van der Waals surface area contributed by atoms with E-state index in [2.05, 4.69) is 5.32 Å². The maximum Gasteiger partial charge on any atom is 0.416 e. The summed E-state index contributed by atoms with van der Waals surface area (Å²) in [5.41, 5.74) is -3.42. The number of hydrogen-bond acceptors (Lipinski definition) is 4. The summed E-state index contributed by atoms with van der Waals surface area (Å²) in [6.07, 6.45) is -4.73. The van der Waals surface area contributed by atoms with Gasteiger partial charge in [0.2, 0.25) is 0 Å². The van der Waals surface area contributed by atoms with Crippen LogP contribution in [0, 0.1) is 10.1 Å². The average Bonchev–Trinajstić information content (AvgIpc) is 2.35. The number of nitro benzene ring substituents is 1. The highest BCUT2D eigenvalue weighted by Gasteiger charge is 2.34. The van der Waals surface area contributed by atoms with E-state index in [9.17, 15) is 27.9 Å². The fourth-order valence-electron chi connectivity index (χ4n) is 1.64. The Bertz CT molecular complexity index is 616. The number of nitro groups is 1. The lowest BCUT2D eigenvalue weighted by molar-refractivity contribution is -0.384. The highest BCUT2D eigenvalue weighted by molar-refractivity contribution is 7.52. The fraction of sp³-hybridized carbons (Fsp3) is 0.455. The molecular weight excluding hydrogens is 328 g/mol. The van der Waals surface area contributed by atoms with Gasteiger partial charge in [-0.1, -0.05) is 0 Å². The highest BCUT2D eigenvalue weighted by Crippen LogP contribution is 2.43. The second-order valence-electron chi connectivity index (χ2n) is 4.75. The molecule has 0 aromatic heterocycles. The lowest BCUT2D eigenvalue weighted by Gasteiger charge is -2.23. The van der Waals surface area contributed by atoms with E-state index < -0.39 is 41.6 Å². The van der Waals surface area contributed by atoms with Gasteiger partial charge in [0.15, 0.2) is 0 Å². The fourth-order valence-corrected chi connectivity index (χ4v) is 2.30. The number of nitrogens with zero attached hydrogens (tertiary/aromatic N) is 1. The number of benzene rings is 1. The molecular formula is C11H14F3N2O5P. The molecule has 0 heterocycles. The van der Waals surface area contributed by atoms with Crippen molar-refractivity contribution in [1.29, 1.82) is 0 Å². The first-order valence-electron chi connectivity index (χ1n) is 6.01. The van der Waals surface area contributed by atoms with Crippen molar-refractivity contribution in [2.45, 2.75) is 31.7 Å². The summed E-state index contributed by atoms with van der Waals surface area (Å²) >= 11 is 0. The van der Waals surface area contributed by atoms with Crippen LogP contribution in [0.5, 0.6) is 0 Å². The molecule has 3 N–H and O–H groups in total. The first kappa shape index (κ1) is 18.4. The molecule has 1 aromatic carbocycles. The summed E-state index contributed by atoms with van der Waals surface area (Å²) in [4.78, 5) is 28.0. The van der Waals surface area contributed by atoms with E-state index in [0.29, 0.717) is 12.1 Å². The van der Waals surface area contributed by atoms with Gasteiger partial charge in [0.1, 0.15) is 5.69 Å². The van der Waals surface area contributed by atoms with Gasteiger partial charge in [0.05, 0.1) is 16.1 Å². The van der Waals surface area contributed by atoms with Gasteiger partial charge < -0.3 is 15.1 Å². The first-order valence-corrected chi connectivity index (χ1v) is 7.69. The van der Waals surface area contributed by atoms with E-state index >= 15 is 0 Å². The number of hydrogen-bond donors (Lipinski definition) is 3. The number of alkyl halides is 3. The van der Waals surface area contributed by atoms with Crippen LogP contribution in [0.4, 0.5) is 24.5 Å². The quantitative estimate of drug-likeness (QED) is 0.431. The van der Waals surface area contributed by atoms with Crippen molar-refractivity contribution in [3.63, 3.8) is 0 Å². The summed E-state index contributed by atoms with van der Waals surface area (Å²) in [5.74, 6) is 0.